The summed E-state index contributed by atoms with van der Waals surface area (Å²) in [6.07, 6.45) is 0.862. The van der Waals surface area contributed by atoms with E-state index < -0.39 is 6.04 Å². The van der Waals surface area contributed by atoms with Crippen molar-refractivity contribution in [3.8, 4) is 0 Å². The van der Waals surface area contributed by atoms with Gasteiger partial charge in [0.1, 0.15) is 6.04 Å². The Morgan fingerprint density at radius 2 is 1.47 bits per heavy atom. The Morgan fingerprint density at radius 3 is 2.08 bits per heavy atom. The maximum absolute atomic E-state index is 13.6. The molecule has 3 aromatic carbocycles. The number of rotatable bonds is 13. The molecule has 1 N–H and O–H groups in total. The summed E-state index contributed by atoms with van der Waals surface area (Å²) < 4.78 is 0.983. The van der Waals surface area contributed by atoms with Crippen molar-refractivity contribution >= 4 is 39.5 Å². The Balaban J connectivity index is 1.78. The van der Waals surface area contributed by atoms with E-state index in [1.807, 2.05) is 72.8 Å². The summed E-state index contributed by atoms with van der Waals surface area (Å²) in [6.45, 7) is 5.11. The summed E-state index contributed by atoms with van der Waals surface area (Å²) in [5, 5.41) is 3.08. The summed E-state index contributed by atoms with van der Waals surface area (Å²) in [4.78, 5) is 28.8. The Kier molecular flexibility index (Phi) is 11.6. The fourth-order valence-electron chi connectivity index (χ4n) is 3.83. The average molecular weight is 568 g/mol. The minimum absolute atomic E-state index is 0.000825. The van der Waals surface area contributed by atoms with Gasteiger partial charge in [0.05, 0.1) is 0 Å². The molecule has 0 bridgehead atoms. The molecule has 0 aliphatic carbocycles. The van der Waals surface area contributed by atoms with Crippen molar-refractivity contribution < 1.29 is 9.59 Å². The third kappa shape index (κ3) is 9.47. The Bertz CT molecular complexity index is 1080. The fraction of sp³-hybridized carbons (Fsp3) is 0.333. The van der Waals surface area contributed by atoms with Crippen molar-refractivity contribution in [1.29, 1.82) is 0 Å². The summed E-state index contributed by atoms with van der Waals surface area (Å²) in [5.74, 6) is 1.80. The van der Waals surface area contributed by atoms with Crippen LogP contribution < -0.4 is 5.32 Å². The van der Waals surface area contributed by atoms with Crippen molar-refractivity contribution in [2.24, 2.45) is 5.92 Å². The van der Waals surface area contributed by atoms with Gasteiger partial charge < -0.3 is 10.2 Å². The van der Waals surface area contributed by atoms with Gasteiger partial charge in [0.15, 0.2) is 0 Å². The molecule has 0 aromatic heterocycles. The van der Waals surface area contributed by atoms with E-state index in [0.717, 1.165) is 21.4 Å². The molecule has 2 amide bonds. The van der Waals surface area contributed by atoms with Crippen LogP contribution in [0, 0.1) is 5.92 Å². The fourth-order valence-corrected chi connectivity index (χ4v) is 4.99. The molecule has 0 radical (unpaired) electrons. The normalized spacial score (nSPS) is 11.8. The van der Waals surface area contributed by atoms with E-state index >= 15 is 0 Å². The minimum Gasteiger partial charge on any atom is -0.354 e. The van der Waals surface area contributed by atoms with Gasteiger partial charge in [-0.25, -0.2) is 0 Å². The largest absolute Gasteiger partial charge is 0.354 e. The molecule has 3 rings (SSSR count). The van der Waals surface area contributed by atoms with Crippen LogP contribution in [0.2, 0.25) is 0 Å². The van der Waals surface area contributed by atoms with Crippen LogP contribution >= 0.6 is 27.7 Å². The summed E-state index contributed by atoms with van der Waals surface area (Å²) in [6, 6.07) is 27.6. The molecule has 36 heavy (non-hydrogen) atoms. The highest BCUT2D eigenvalue weighted by atomic mass is 79.9. The number of thioether (sulfide) groups is 1. The van der Waals surface area contributed by atoms with Crippen molar-refractivity contribution in [2.45, 2.75) is 45.0 Å². The summed E-state index contributed by atoms with van der Waals surface area (Å²) >= 11 is 5.23. The second kappa shape index (κ2) is 14.9. The number of halogens is 1. The van der Waals surface area contributed by atoms with Crippen LogP contribution in [0.5, 0.6) is 0 Å². The Morgan fingerprint density at radius 1 is 0.861 bits per heavy atom. The molecule has 0 saturated heterocycles. The Labute approximate surface area is 228 Å². The number of benzene rings is 3. The standard InChI is InChI=1S/C30H35BrN2O2S/c1-23(2)20-32-30(35)28(19-24-9-5-3-6-10-24)33(21-25-13-15-27(31)16-14-25)29(34)17-18-36-22-26-11-7-4-8-12-26/h3-16,23,28H,17-22H2,1-2H3,(H,32,35). The minimum atomic E-state index is -0.582. The molecule has 0 saturated carbocycles. The van der Waals surface area contributed by atoms with Gasteiger partial charge >= 0.3 is 0 Å². The molecule has 0 aliphatic rings. The van der Waals surface area contributed by atoms with Gasteiger partial charge in [0.2, 0.25) is 11.8 Å². The number of nitrogens with one attached hydrogen (secondary N) is 1. The van der Waals surface area contributed by atoms with Crippen molar-refractivity contribution in [3.05, 3.63) is 106 Å². The molecule has 0 spiro atoms. The van der Waals surface area contributed by atoms with E-state index in [4.69, 9.17) is 0 Å². The lowest BCUT2D eigenvalue weighted by Gasteiger charge is -2.32. The van der Waals surface area contributed by atoms with E-state index in [-0.39, 0.29) is 11.8 Å². The molecular formula is C30H35BrN2O2S. The molecule has 0 fully saturated rings. The van der Waals surface area contributed by atoms with Crippen molar-refractivity contribution in [2.75, 3.05) is 12.3 Å². The van der Waals surface area contributed by atoms with E-state index in [1.54, 1.807) is 16.7 Å². The second-order valence-corrected chi connectivity index (χ2v) is 11.3. The molecule has 1 atom stereocenters. The van der Waals surface area contributed by atoms with Crippen LogP contribution in [-0.4, -0.2) is 35.1 Å². The predicted octanol–water partition coefficient (Wildman–Crippen LogP) is 6.48. The highest BCUT2D eigenvalue weighted by Crippen LogP contribution is 2.19. The van der Waals surface area contributed by atoms with Crippen molar-refractivity contribution in [3.63, 3.8) is 0 Å². The highest BCUT2D eigenvalue weighted by Gasteiger charge is 2.30. The molecule has 4 nitrogen and oxygen atoms in total. The van der Waals surface area contributed by atoms with E-state index in [2.05, 4.69) is 47.2 Å². The summed E-state index contributed by atoms with van der Waals surface area (Å²) in [7, 11) is 0. The van der Waals surface area contributed by atoms with E-state index in [9.17, 15) is 9.59 Å². The highest BCUT2D eigenvalue weighted by molar-refractivity contribution is 9.10. The van der Waals surface area contributed by atoms with Gasteiger partial charge in [0, 0.05) is 41.9 Å². The van der Waals surface area contributed by atoms with Gasteiger partial charge in [-0.2, -0.15) is 11.8 Å². The van der Waals surface area contributed by atoms with Crippen molar-refractivity contribution in [1.82, 2.24) is 10.2 Å². The quantitative estimate of drug-likeness (QED) is 0.241. The molecule has 190 valence electrons. The van der Waals surface area contributed by atoms with E-state index in [0.29, 0.717) is 37.6 Å². The maximum atomic E-state index is 13.6. The number of amides is 2. The monoisotopic (exact) mass is 566 g/mol. The van der Waals surface area contributed by atoms with Crippen LogP contribution in [0.1, 0.15) is 37.0 Å². The number of hydrogen-bond donors (Lipinski definition) is 1. The first-order valence-electron chi connectivity index (χ1n) is 12.4. The lowest BCUT2D eigenvalue weighted by molar-refractivity contribution is -0.141. The van der Waals surface area contributed by atoms with Gasteiger partial charge in [0.25, 0.3) is 0 Å². The molecule has 6 heteroatoms. The van der Waals surface area contributed by atoms with Gasteiger partial charge in [-0.15, -0.1) is 0 Å². The molecular weight excluding hydrogens is 532 g/mol. The lowest BCUT2D eigenvalue weighted by atomic mass is 10.0. The Hall–Kier alpha value is -2.57. The molecule has 3 aromatic rings. The zero-order chi connectivity index (χ0) is 25.8. The summed E-state index contributed by atoms with van der Waals surface area (Å²) in [5.41, 5.74) is 3.28. The zero-order valence-corrected chi connectivity index (χ0v) is 23.4. The van der Waals surface area contributed by atoms with Crippen LogP contribution in [0.3, 0.4) is 0 Å². The first kappa shape index (κ1) is 28.0. The van der Waals surface area contributed by atoms with Crippen LogP contribution in [0.4, 0.5) is 0 Å². The average Bonchev–Trinajstić information content (AvgIpc) is 2.89. The topological polar surface area (TPSA) is 49.4 Å². The molecule has 1 unspecified atom stereocenters. The van der Waals surface area contributed by atoms with E-state index in [1.165, 1.54) is 5.56 Å². The first-order chi connectivity index (χ1) is 17.4. The molecule has 0 aliphatic heterocycles. The van der Waals surface area contributed by atoms with Crippen LogP contribution in [0.15, 0.2) is 89.4 Å². The third-order valence-corrected chi connectivity index (χ3v) is 7.35. The maximum Gasteiger partial charge on any atom is 0.243 e. The zero-order valence-electron chi connectivity index (χ0n) is 21.0. The first-order valence-corrected chi connectivity index (χ1v) is 14.3. The smallest absolute Gasteiger partial charge is 0.243 e. The predicted molar refractivity (Wildman–Crippen MR) is 154 cm³/mol. The third-order valence-electron chi connectivity index (χ3n) is 5.79. The second-order valence-electron chi connectivity index (χ2n) is 9.28. The number of hydrogen-bond acceptors (Lipinski definition) is 3. The molecule has 0 heterocycles. The number of carbonyl (C=O) groups is 2. The van der Waals surface area contributed by atoms with Crippen LogP contribution in [-0.2, 0) is 28.3 Å². The number of carbonyl (C=O) groups excluding carboxylic acids is 2. The van der Waals surface area contributed by atoms with Gasteiger partial charge in [-0.3, -0.25) is 9.59 Å². The van der Waals surface area contributed by atoms with Gasteiger partial charge in [-0.1, -0.05) is 103 Å². The lowest BCUT2D eigenvalue weighted by Crippen LogP contribution is -2.51. The van der Waals surface area contributed by atoms with Gasteiger partial charge in [-0.05, 0) is 34.7 Å². The number of nitrogens with zero attached hydrogens (tertiary/aromatic N) is 1. The SMILES string of the molecule is CC(C)CNC(=O)C(Cc1ccccc1)N(Cc1ccc(Br)cc1)C(=O)CCSCc1ccccc1. The van der Waals surface area contributed by atoms with Crippen LogP contribution in [0.25, 0.3) is 0 Å².